The highest BCUT2D eigenvalue weighted by Gasteiger charge is 2.19. The average Bonchev–Trinajstić information content (AvgIpc) is 3.25. The van der Waals surface area contributed by atoms with Crippen molar-refractivity contribution in [1.82, 2.24) is 9.88 Å². The van der Waals surface area contributed by atoms with E-state index in [2.05, 4.69) is 43.4 Å². The molecule has 26 heavy (non-hydrogen) atoms. The predicted molar refractivity (Wildman–Crippen MR) is 108 cm³/mol. The second-order valence-corrected chi connectivity index (χ2v) is 8.37. The van der Waals surface area contributed by atoms with Gasteiger partial charge in [-0.2, -0.15) is 0 Å². The number of aromatic nitrogens is 1. The lowest BCUT2D eigenvalue weighted by Gasteiger charge is -2.19. The van der Waals surface area contributed by atoms with Crippen molar-refractivity contribution in [3.05, 3.63) is 78.5 Å². The molecular weight excluding hydrogens is 364 g/mol. The Balaban J connectivity index is 1.83. The van der Waals surface area contributed by atoms with Crippen molar-refractivity contribution in [3.63, 3.8) is 0 Å². The van der Waals surface area contributed by atoms with Crippen molar-refractivity contribution in [2.75, 3.05) is 0 Å². The molecule has 1 aromatic carbocycles. The van der Waals surface area contributed by atoms with Crippen LogP contribution in [0.1, 0.15) is 47.5 Å². The van der Waals surface area contributed by atoms with Crippen LogP contribution in [-0.2, 0) is 11.3 Å². The van der Waals surface area contributed by atoms with E-state index in [1.165, 1.54) is 10.1 Å². The zero-order chi connectivity index (χ0) is 18.7. The third-order valence-electron chi connectivity index (χ3n) is 4.35. The van der Waals surface area contributed by atoms with E-state index in [0.717, 1.165) is 27.5 Å². The van der Waals surface area contributed by atoms with Gasteiger partial charge in [-0.15, -0.1) is 11.3 Å². The Morgan fingerprint density at radius 2 is 1.81 bits per heavy atom. The number of aryl methyl sites for hydroxylation is 1. The number of benzene rings is 1. The van der Waals surface area contributed by atoms with E-state index in [1.807, 2.05) is 24.4 Å². The lowest BCUT2D eigenvalue weighted by molar-refractivity contribution is -0.122. The molecule has 3 rings (SSSR count). The average molecular weight is 387 g/mol. The predicted octanol–water partition coefficient (Wildman–Crippen LogP) is 4.31. The maximum atomic E-state index is 12.6. The molecule has 3 aromatic rings. The van der Waals surface area contributed by atoms with E-state index in [9.17, 15) is 9.59 Å². The summed E-state index contributed by atoms with van der Waals surface area (Å²) in [6.07, 6.45) is 0. The number of thiazole rings is 1. The van der Waals surface area contributed by atoms with E-state index in [4.69, 9.17) is 0 Å². The second-order valence-electron chi connectivity index (χ2n) is 6.57. The van der Waals surface area contributed by atoms with Crippen LogP contribution in [0.4, 0.5) is 0 Å². The summed E-state index contributed by atoms with van der Waals surface area (Å²) in [6, 6.07) is 12.2. The molecule has 2 heterocycles. The maximum absolute atomic E-state index is 12.6. The van der Waals surface area contributed by atoms with Crippen LogP contribution in [0.5, 0.6) is 0 Å². The molecule has 1 amide bonds. The summed E-state index contributed by atoms with van der Waals surface area (Å²) in [5.41, 5.74) is 3.12. The number of nitrogens with zero attached hydrogens (tertiary/aromatic N) is 1. The van der Waals surface area contributed by atoms with Crippen molar-refractivity contribution < 1.29 is 4.79 Å². The minimum Gasteiger partial charge on any atom is -0.343 e. The quantitative estimate of drug-likeness (QED) is 0.686. The van der Waals surface area contributed by atoms with Gasteiger partial charge in [-0.1, -0.05) is 55.5 Å². The van der Waals surface area contributed by atoms with E-state index in [1.54, 1.807) is 16.7 Å². The van der Waals surface area contributed by atoms with Crippen molar-refractivity contribution in [1.29, 1.82) is 0 Å². The highest BCUT2D eigenvalue weighted by Crippen LogP contribution is 2.27. The molecule has 0 saturated carbocycles. The first kappa shape index (κ1) is 18.6. The van der Waals surface area contributed by atoms with E-state index < -0.39 is 0 Å². The molecule has 0 radical (unpaired) electrons. The summed E-state index contributed by atoms with van der Waals surface area (Å²) in [5, 5.41) is 6.87. The molecule has 0 spiro atoms. The zero-order valence-corrected chi connectivity index (χ0v) is 16.7. The lowest BCUT2D eigenvalue weighted by atomic mass is 9.98. The van der Waals surface area contributed by atoms with Crippen molar-refractivity contribution >= 4 is 28.6 Å². The molecule has 6 heteroatoms. The number of hydrogen-bond donors (Lipinski definition) is 1. The third-order valence-corrected chi connectivity index (χ3v) is 6.17. The van der Waals surface area contributed by atoms with Crippen LogP contribution in [0.25, 0.3) is 0 Å². The number of hydrogen-bond acceptors (Lipinski definition) is 4. The summed E-state index contributed by atoms with van der Waals surface area (Å²) < 4.78 is 1.51. The Bertz CT molecular complexity index is 922. The van der Waals surface area contributed by atoms with E-state index in [-0.39, 0.29) is 23.4 Å². The Kier molecular flexibility index (Phi) is 5.74. The topological polar surface area (TPSA) is 51.1 Å². The van der Waals surface area contributed by atoms with Gasteiger partial charge in [-0.25, -0.2) is 0 Å². The summed E-state index contributed by atoms with van der Waals surface area (Å²) in [4.78, 5) is 25.4. The number of carbonyl (C=O) groups excluding carboxylic acids is 1. The van der Waals surface area contributed by atoms with Crippen LogP contribution in [0.3, 0.4) is 0 Å². The summed E-state index contributed by atoms with van der Waals surface area (Å²) in [6.45, 7) is 6.20. The fourth-order valence-corrected chi connectivity index (χ4v) is 4.33. The Labute approximate surface area is 161 Å². The fraction of sp³-hybridized carbons (Fsp3) is 0.300. The fourth-order valence-electron chi connectivity index (χ4n) is 2.79. The van der Waals surface area contributed by atoms with Gasteiger partial charge in [0.05, 0.1) is 6.04 Å². The minimum atomic E-state index is -0.210. The summed E-state index contributed by atoms with van der Waals surface area (Å²) in [7, 11) is 0. The third kappa shape index (κ3) is 4.14. The number of thiophene rings is 1. The molecular formula is C20H22N2O2S2. The monoisotopic (exact) mass is 386 g/mol. The highest BCUT2D eigenvalue weighted by molar-refractivity contribution is 7.10. The Hall–Kier alpha value is -2.18. The molecule has 0 aliphatic rings. The molecule has 2 aromatic heterocycles. The summed E-state index contributed by atoms with van der Waals surface area (Å²) in [5.74, 6) is 0.298. The van der Waals surface area contributed by atoms with Crippen molar-refractivity contribution in [3.8, 4) is 0 Å². The number of nitrogens with one attached hydrogen (secondary N) is 1. The van der Waals surface area contributed by atoms with Gasteiger partial charge >= 0.3 is 4.87 Å². The van der Waals surface area contributed by atoms with Gasteiger partial charge in [0, 0.05) is 16.0 Å². The molecule has 136 valence electrons. The standard InChI is InChI=1S/C20H22N2O2S2/c1-13(2)15-6-8-16(9-7-15)19(17-5-4-10-25-17)21-18(23)11-22-14(3)12-26-20(22)24/h4-10,12-13,19H,11H2,1-3H3,(H,21,23). The Morgan fingerprint density at radius 3 is 2.35 bits per heavy atom. The molecule has 0 aliphatic heterocycles. The van der Waals surface area contributed by atoms with Crippen molar-refractivity contribution in [2.45, 2.75) is 39.3 Å². The SMILES string of the molecule is Cc1csc(=O)n1CC(=O)NC(c1ccc(C(C)C)cc1)c1cccs1. The van der Waals surface area contributed by atoms with Crippen molar-refractivity contribution in [2.24, 2.45) is 0 Å². The van der Waals surface area contributed by atoms with Crippen LogP contribution < -0.4 is 10.2 Å². The van der Waals surface area contributed by atoms with Gasteiger partial charge in [0.2, 0.25) is 5.91 Å². The van der Waals surface area contributed by atoms with Crippen LogP contribution >= 0.6 is 22.7 Å². The molecule has 1 atom stereocenters. The molecule has 0 fully saturated rings. The first-order valence-electron chi connectivity index (χ1n) is 8.53. The molecule has 0 aliphatic carbocycles. The van der Waals surface area contributed by atoms with E-state index in [0.29, 0.717) is 5.92 Å². The highest BCUT2D eigenvalue weighted by atomic mass is 32.1. The van der Waals surface area contributed by atoms with Crippen LogP contribution in [0.15, 0.2) is 52.0 Å². The van der Waals surface area contributed by atoms with Crippen LogP contribution in [-0.4, -0.2) is 10.5 Å². The van der Waals surface area contributed by atoms with Gasteiger partial charge < -0.3 is 5.32 Å². The van der Waals surface area contributed by atoms with Gasteiger partial charge in [0.25, 0.3) is 0 Å². The Morgan fingerprint density at radius 1 is 1.12 bits per heavy atom. The number of rotatable bonds is 6. The number of amides is 1. The second kappa shape index (κ2) is 8.01. The van der Waals surface area contributed by atoms with Gasteiger partial charge in [-0.3, -0.25) is 14.2 Å². The molecule has 0 saturated heterocycles. The first-order chi connectivity index (χ1) is 12.5. The summed E-state index contributed by atoms with van der Waals surface area (Å²) >= 11 is 2.73. The van der Waals surface area contributed by atoms with Crippen LogP contribution in [0.2, 0.25) is 0 Å². The minimum absolute atomic E-state index is 0.0418. The van der Waals surface area contributed by atoms with E-state index >= 15 is 0 Å². The smallest absolute Gasteiger partial charge is 0.307 e. The molecule has 4 nitrogen and oxygen atoms in total. The lowest BCUT2D eigenvalue weighted by Crippen LogP contribution is -2.34. The maximum Gasteiger partial charge on any atom is 0.307 e. The normalized spacial score (nSPS) is 12.3. The van der Waals surface area contributed by atoms with Gasteiger partial charge in [0.1, 0.15) is 6.54 Å². The molecule has 0 bridgehead atoms. The first-order valence-corrected chi connectivity index (χ1v) is 10.3. The van der Waals surface area contributed by atoms with Crippen LogP contribution in [0, 0.1) is 6.92 Å². The van der Waals surface area contributed by atoms with Gasteiger partial charge in [0.15, 0.2) is 0 Å². The molecule has 1 unspecified atom stereocenters. The zero-order valence-electron chi connectivity index (χ0n) is 15.1. The number of carbonyl (C=O) groups is 1. The van der Waals surface area contributed by atoms with Gasteiger partial charge in [-0.05, 0) is 35.4 Å². The molecule has 1 N–H and O–H groups in total. The largest absolute Gasteiger partial charge is 0.343 e.